The van der Waals surface area contributed by atoms with Crippen LogP contribution in [0.1, 0.15) is 25.2 Å². The first-order chi connectivity index (χ1) is 7.74. The third-order valence-corrected chi connectivity index (χ3v) is 2.63. The van der Waals surface area contributed by atoms with Crippen LogP contribution in [0, 0.1) is 0 Å². The molecule has 2 rings (SSSR count). The van der Waals surface area contributed by atoms with Crippen molar-refractivity contribution in [2.75, 3.05) is 13.7 Å². The molecule has 16 heavy (non-hydrogen) atoms. The molecule has 0 aliphatic heterocycles. The monoisotopic (exact) mass is 220 g/mol. The van der Waals surface area contributed by atoms with Gasteiger partial charge in [-0.3, -0.25) is 0 Å². The number of nitrogens with two attached hydrogens (primary N) is 1. The highest BCUT2D eigenvalue weighted by molar-refractivity contribution is 5.74. The molecule has 1 aromatic heterocycles. The summed E-state index contributed by atoms with van der Waals surface area (Å²) in [4.78, 5) is 4.43. The lowest BCUT2D eigenvalue weighted by Gasteiger charge is -2.02. The first-order valence-electron chi connectivity index (χ1n) is 5.39. The number of hydrogen-bond donors (Lipinski definition) is 1. The predicted molar refractivity (Wildman–Crippen MR) is 62.6 cm³/mol. The fraction of sp³-hybridized carbons (Fsp3) is 0.417. The maximum atomic E-state index is 5.68. The summed E-state index contributed by atoms with van der Waals surface area (Å²) in [5.41, 5.74) is 7.14. The van der Waals surface area contributed by atoms with E-state index < -0.39 is 0 Å². The molecule has 0 bridgehead atoms. The maximum absolute atomic E-state index is 5.68. The molecule has 0 aliphatic carbocycles. The van der Waals surface area contributed by atoms with Crippen LogP contribution < -0.4 is 10.5 Å². The molecule has 4 nitrogen and oxygen atoms in total. The quantitative estimate of drug-likeness (QED) is 0.858. The minimum absolute atomic E-state index is 0.253. The number of aromatic nitrogens is 1. The van der Waals surface area contributed by atoms with Crippen LogP contribution in [0.5, 0.6) is 5.75 Å². The average molecular weight is 220 g/mol. The van der Waals surface area contributed by atoms with E-state index in [4.69, 9.17) is 14.9 Å². The van der Waals surface area contributed by atoms with Crippen LogP contribution in [0.2, 0.25) is 0 Å². The molecule has 1 unspecified atom stereocenters. The van der Waals surface area contributed by atoms with Gasteiger partial charge in [0.05, 0.1) is 7.11 Å². The van der Waals surface area contributed by atoms with Crippen molar-refractivity contribution in [1.82, 2.24) is 4.98 Å². The third kappa shape index (κ3) is 2.02. The molecule has 4 heteroatoms. The number of hydrogen-bond acceptors (Lipinski definition) is 4. The van der Waals surface area contributed by atoms with Crippen molar-refractivity contribution >= 4 is 11.1 Å². The van der Waals surface area contributed by atoms with E-state index in [9.17, 15) is 0 Å². The first-order valence-corrected chi connectivity index (χ1v) is 5.39. The lowest BCUT2D eigenvalue weighted by molar-refractivity contribution is 0.413. The van der Waals surface area contributed by atoms with Crippen molar-refractivity contribution in [2.24, 2.45) is 5.73 Å². The molecule has 1 aromatic carbocycles. The largest absolute Gasteiger partial charge is 0.497 e. The van der Waals surface area contributed by atoms with Gasteiger partial charge in [-0.15, -0.1) is 0 Å². The van der Waals surface area contributed by atoms with Gasteiger partial charge in [0.1, 0.15) is 11.3 Å². The van der Waals surface area contributed by atoms with Crippen molar-refractivity contribution in [3.8, 4) is 5.75 Å². The molecule has 0 aliphatic rings. The van der Waals surface area contributed by atoms with Crippen molar-refractivity contribution in [1.29, 1.82) is 0 Å². The summed E-state index contributed by atoms with van der Waals surface area (Å²) in [7, 11) is 1.63. The molecule has 86 valence electrons. The van der Waals surface area contributed by atoms with Gasteiger partial charge in [0, 0.05) is 12.0 Å². The summed E-state index contributed by atoms with van der Waals surface area (Å²) >= 11 is 0. The summed E-state index contributed by atoms with van der Waals surface area (Å²) in [5.74, 6) is 1.78. The highest BCUT2D eigenvalue weighted by Crippen LogP contribution is 2.25. The van der Waals surface area contributed by atoms with Crippen LogP contribution in [0.3, 0.4) is 0 Å². The van der Waals surface area contributed by atoms with Gasteiger partial charge in [-0.2, -0.15) is 0 Å². The van der Waals surface area contributed by atoms with Gasteiger partial charge < -0.3 is 14.9 Å². The topological polar surface area (TPSA) is 61.3 Å². The number of nitrogens with zero attached hydrogens (tertiary/aromatic N) is 1. The minimum Gasteiger partial charge on any atom is -0.497 e. The molecule has 0 saturated heterocycles. The van der Waals surface area contributed by atoms with Crippen LogP contribution >= 0.6 is 0 Å². The summed E-state index contributed by atoms with van der Waals surface area (Å²) in [6.45, 7) is 2.71. The Morgan fingerprint density at radius 1 is 1.50 bits per heavy atom. The Balaban J connectivity index is 2.35. The molecule has 2 N–H and O–H groups in total. The zero-order chi connectivity index (χ0) is 11.5. The van der Waals surface area contributed by atoms with Gasteiger partial charge in [-0.1, -0.05) is 6.92 Å². The van der Waals surface area contributed by atoms with Crippen LogP contribution in [0.15, 0.2) is 22.6 Å². The van der Waals surface area contributed by atoms with Crippen molar-refractivity contribution in [3.05, 3.63) is 24.1 Å². The highest BCUT2D eigenvalue weighted by Gasteiger charge is 2.13. The standard InChI is InChI=1S/C12H16N2O2/c1-8(5-6-13)12-14-10-4-3-9(15-2)7-11(10)16-12/h3-4,7-8H,5-6,13H2,1-2H3. The van der Waals surface area contributed by atoms with Crippen molar-refractivity contribution < 1.29 is 9.15 Å². The van der Waals surface area contributed by atoms with Gasteiger partial charge in [0.2, 0.25) is 0 Å². The Morgan fingerprint density at radius 2 is 2.31 bits per heavy atom. The van der Waals surface area contributed by atoms with Crippen molar-refractivity contribution in [2.45, 2.75) is 19.3 Å². The molecule has 0 amide bonds. The molecular weight excluding hydrogens is 204 g/mol. The molecule has 1 heterocycles. The van der Waals surface area contributed by atoms with Gasteiger partial charge in [-0.05, 0) is 25.1 Å². The molecule has 0 spiro atoms. The van der Waals surface area contributed by atoms with E-state index in [0.717, 1.165) is 29.2 Å². The Kier molecular flexibility index (Phi) is 3.10. The number of oxazole rings is 1. The SMILES string of the molecule is COc1ccc2nc(C(C)CCN)oc2c1. The third-order valence-electron chi connectivity index (χ3n) is 2.63. The van der Waals surface area contributed by atoms with Gasteiger partial charge in [0.25, 0.3) is 0 Å². The van der Waals surface area contributed by atoms with Crippen LogP contribution in [-0.4, -0.2) is 18.6 Å². The second-order valence-corrected chi connectivity index (χ2v) is 3.86. The number of fused-ring (bicyclic) bond motifs is 1. The number of benzene rings is 1. The second-order valence-electron chi connectivity index (χ2n) is 3.86. The fourth-order valence-electron chi connectivity index (χ4n) is 1.63. The van der Waals surface area contributed by atoms with E-state index in [1.807, 2.05) is 18.2 Å². The Bertz CT molecular complexity index is 479. The Hall–Kier alpha value is -1.55. The average Bonchev–Trinajstić information content (AvgIpc) is 2.71. The summed E-state index contributed by atoms with van der Waals surface area (Å²) < 4.78 is 10.8. The van der Waals surface area contributed by atoms with Crippen LogP contribution in [0.4, 0.5) is 0 Å². The minimum atomic E-state index is 0.253. The van der Waals surface area contributed by atoms with Gasteiger partial charge >= 0.3 is 0 Å². The summed E-state index contributed by atoms with van der Waals surface area (Å²) in [6.07, 6.45) is 0.879. The van der Waals surface area contributed by atoms with E-state index in [1.54, 1.807) is 7.11 Å². The van der Waals surface area contributed by atoms with E-state index in [1.165, 1.54) is 0 Å². The molecule has 1 atom stereocenters. The fourth-order valence-corrected chi connectivity index (χ4v) is 1.63. The molecule has 0 saturated carbocycles. The van der Waals surface area contributed by atoms with E-state index in [2.05, 4.69) is 11.9 Å². The lowest BCUT2D eigenvalue weighted by Crippen LogP contribution is -2.04. The molecular formula is C12H16N2O2. The molecule has 0 fully saturated rings. The summed E-state index contributed by atoms with van der Waals surface area (Å²) in [6, 6.07) is 5.62. The van der Waals surface area contributed by atoms with Gasteiger partial charge in [0.15, 0.2) is 11.5 Å². The number of rotatable bonds is 4. The number of ether oxygens (including phenoxy) is 1. The van der Waals surface area contributed by atoms with E-state index in [-0.39, 0.29) is 5.92 Å². The summed E-state index contributed by atoms with van der Waals surface area (Å²) in [5, 5.41) is 0. The van der Waals surface area contributed by atoms with E-state index >= 15 is 0 Å². The predicted octanol–water partition coefficient (Wildman–Crippen LogP) is 2.29. The molecule has 0 radical (unpaired) electrons. The highest BCUT2D eigenvalue weighted by atomic mass is 16.5. The van der Waals surface area contributed by atoms with Crippen LogP contribution in [-0.2, 0) is 0 Å². The second kappa shape index (κ2) is 4.53. The smallest absolute Gasteiger partial charge is 0.198 e. The zero-order valence-electron chi connectivity index (χ0n) is 9.56. The number of methoxy groups -OCH3 is 1. The normalized spacial score (nSPS) is 12.9. The van der Waals surface area contributed by atoms with E-state index in [0.29, 0.717) is 6.54 Å². The maximum Gasteiger partial charge on any atom is 0.198 e. The Labute approximate surface area is 94.4 Å². The van der Waals surface area contributed by atoms with Crippen molar-refractivity contribution in [3.63, 3.8) is 0 Å². The first kappa shape index (κ1) is 11.0. The zero-order valence-corrected chi connectivity index (χ0v) is 9.56. The van der Waals surface area contributed by atoms with Gasteiger partial charge in [-0.25, -0.2) is 4.98 Å². The lowest BCUT2D eigenvalue weighted by atomic mass is 10.1. The molecule has 2 aromatic rings. The Morgan fingerprint density at radius 3 is 3.00 bits per heavy atom. The van der Waals surface area contributed by atoms with Crippen LogP contribution in [0.25, 0.3) is 11.1 Å².